The maximum atomic E-state index is 11.3. The Balaban J connectivity index is 1.78. The van der Waals surface area contributed by atoms with E-state index < -0.39 is 5.60 Å². The Bertz CT molecular complexity index is 425. The molecule has 0 bridgehead atoms. The van der Waals surface area contributed by atoms with Gasteiger partial charge in [0.15, 0.2) is 0 Å². The molecule has 0 aliphatic carbocycles. The number of nitrogens with one attached hydrogen (secondary N) is 1. The average Bonchev–Trinajstić information content (AvgIpc) is 2.49. The third-order valence-corrected chi connectivity index (χ3v) is 3.97. The molecule has 0 spiro atoms. The lowest BCUT2D eigenvalue weighted by molar-refractivity contribution is -0.122. The van der Waals surface area contributed by atoms with Gasteiger partial charge in [-0.3, -0.25) is 9.69 Å². The summed E-state index contributed by atoms with van der Waals surface area (Å²) in [6, 6.07) is 10.4. The number of aliphatic hydroxyl groups is 1. The molecule has 20 heavy (non-hydrogen) atoms. The van der Waals surface area contributed by atoms with Crippen LogP contribution in [0.1, 0.15) is 31.7 Å². The Morgan fingerprint density at radius 2 is 1.95 bits per heavy atom. The van der Waals surface area contributed by atoms with Crippen molar-refractivity contribution in [1.82, 2.24) is 10.2 Å². The summed E-state index contributed by atoms with van der Waals surface area (Å²) in [5, 5.41) is 13.3. The van der Waals surface area contributed by atoms with Crippen LogP contribution in [0.25, 0.3) is 0 Å². The molecule has 110 valence electrons. The first kappa shape index (κ1) is 15.0. The smallest absolute Gasteiger partial charge is 0.219 e. The van der Waals surface area contributed by atoms with Gasteiger partial charge in [-0.05, 0) is 18.4 Å². The van der Waals surface area contributed by atoms with E-state index in [0.717, 1.165) is 19.6 Å². The van der Waals surface area contributed by atoms with E-state index in [1.165, 1.54) is 5.56 Å². The third kappa shape index (κ3) is 4.32. The fraction of sp³-hybridized carbons (Fsp3) is 0.562. The highest BCUT2D eigenvalue weighted by Gasteiger charge is 2.32. The van der Waals surface area contributed by atoms with Crippen LogP contribution < -0.4 is 5.32 Å². The zero-order valence-corrected chi connectivity index (χ0v) is 12.1. The molecule has 1 heterocycles. The van der Waals surface area contributed by atoms with Crippen LogP contribution in [-0.2, 0) is 11.3 Å². The van der Waals surface area contributed by atoms with Gasteiger partial charge in [0.2, 0.25) is 5.91 Å². The molecule has 1 aliphatic rings. The minimum absolute atomic E-state index is 0.00476. The minimum Gasteiger partial charge on any atom is -0.388 e. The lowest BCUT2D eigenvalue weighted by atomic mass is 9.91. The van der Waals surface area contributed by atoms with E-state index in [1.807, 2.05) is 13.0 Å². The molecule has 4 nitrogen and oxygen atoms in total. The van der Waals surface area contributed by atoms with Crippen molar-refractivity contribution in [3.63, 3.8) is 0 Å². The molecule has 4 heteroatoms. The van der Waals surface area contributed by atoms with E-state index in [9.17, 15) is 9.90 Å². The van der Waals surface area contributed by atoms with Gasteiger partial charge in [-0.2, -0.15) is 0 Å². The fourth-order valence-electron chi connectivity index (χ4n) is 2.53. The van der Waals surface area contributed by atoms with Crippen LogP contribution in [0.15, 0.2) is 30.3 Å². The molecule has 1 aliphatic heterocycles. The van der Waals surface area contributed by atoms with Gasteiger partial charge in [0.25, 0.3) is 0 Å². The predicted molar refractivity (Wildman–Crippen MR) is 79.2 cm³/mol. The SMILES string of the molecule is CCC(=O)NCC1(O)CCN(Cc2ccccc2)CC1. The number of carbonyl (C=O) groups is 1. The van der Waals surface area contributed by atoms with Gasteiger partial charge in [-0.15, -0.1) is 0 Å². The van der Waals surface area contributed by atoms with E-state index in [1.54, 1.807) is 0 Å². The van der Waals surface area contributed by atoms with Crippen LogP contribution in [0.4, 0.5) is 0 Å². The Morgan fingerprint density at radius 1 is 1.30 bits per heavy atom. The van der Waals surface area contributed by atoms with Crippen molar-refractivity contribution in [2.75, 3.05) is 19.6 Å². The van der Waals surface area contributed by atoms with Crippen LogP contribution in [0.5, 0.6) is 0 Å². The lowest BCUT2D eigenvalue weighted by Crippen LogP contribution is -2.50. The van der Waals surface area contributed by atoms with E-state index in [2.05, 4.69) is 34.5 Å². The Hall–Kier alpha value is -1.39. The highest BCUT2D eigenvalue weighted by molar-refractivity contribution is 5.75. The molecule has 1 aromatic rings. The zero-order chi connectivity index (χ0) is 14.4. The molecular formula is C16H24N2O2. The van der Waals surface area contributed by atoms with E-state index in [4.69, 9.17) is 0 Å². The number of piperidine rings is 1. The summed E-state index contributed by atoms with van der Waals surface area (Å²) in [4.78, 5) is 13.6. The first-order valence-electron chi connectivity index (χ1n) is 7.37. The van der Waals surface area contributed by atoms with Crippen molar-refractivity contribution >= 4 is 5.91 Å². The molecule has 0 atom stereocenters. The quantitative estimate of drug-likeness (QED) is 0.858. The third-order valence-electron chi connectivity index (χ3n) is 3.97. The first-order valence-corrected chi connectivity index (χ1v) is 7.37. The molecule has 0 aromatic heterocycles. The van der Waals surface area contributed by atoms with Crippen LogP contribution in [0, 0.1) is 0 Å². The zero-order valence-electron chi connectivity index (χ0n) is 12.1. The van der Waals surface area contributed by atoms with Crippen LogP contribution in [0.2, 0.25) is 0 Å². The van der Waals surface area contributed by atoms with Crippen molar-refractivity contribution in [3.05, 3.63) is 35.9 Å². The van der Waals surface area contributed by atoms with Crippen LogP contribution in [0.3, 0.4) is 0 Å². The molecule has 1 aromatic carbocycles. The van der Waals surface area contributed by atoms with Gasteiger partial charge in [0.05, 0.1) is 5.60 Å². The highest BCUT2D eigenvalue weighted by atomic mass is 16.3. The normalized spacial score (nSPS) is 18.7. The summed E-state index contributed by atoms with van der Waals surface area (Å²) in [5.74, 6) is 0.00476. The Labute approximate surface area is 120 Å². The molecular weight excluding hydrogens is 252 g/mol. The summed E-state index contributed by atoms with van der Waals surface area (Å²) in [6.07, 6.45) is 1.89. The van der Waals surface area contributed by atoms with Gasteiger partial charge in [-0.25, -0.2) is 0 Å². The monoisotopic (exact) mass is 276 g/mol. The van der Waals surface area contributed by atoms with Gasteiger partial charge < -0.3 is 10.4 Å². The second kappa shape index (κ2) is 6.86. The average molecular weight is 276 g/mol. The van der Waals surface area contributed by atoms with Crippen molar-refractivity contribution in [3.8, 4) is 0 Å². The largest absolute Gasteiger partial charge is 0.388 e. The van der Waals surface area contributed by atoms with Crippen molar-refractivity contribution < 1.29 is 9.90 Å². The van der Waals surface area contributed by atoms with Gasteiger partial charge in [0.1, 0.15) is 0 Å². The Kier molecular flexibility index (Phi) is 5.15. The van der Waals surface area contributed by atoms with Gasteiger partial charge >= 0.3 is 0 Å². The summed E-state index contributed by atoms with van der Waals surface area (Å²) in [6.45, 7) is 4.86. The molecule has 1 saturated heterocycles. The van der Waals surface area contributed by atoms with E-state index in [-0.39, 0.29) is 5.91 Å². The fourth-order valence-corrected chi connectivity index (χ4v) is 2.53. The molecule has 2 rings (SSSR count). The minimum atomic E-state index is -0.738. The maximum absolute atomic E-state index is 11.3. The highest BCUT2D eigenvalue weighted by Crippen LogP contribution is 2.22. The van der Waals surface area contributed by atoms with Crippen molar-refractivity contribution in [1.29, 1.82) is 0 Å². The number of benzene rings is 1. The molecule has 0 saturated carbocycles. The lowest BCUT2D eigenvalue weighted by Gasteiger charge is -2.38. The molecule has 1 amide bonds. The standard InChI is InChI=1S/C16H24N2O2/c1-2-15(19)17-13-16(20)8-10-18(11-9-16)12-14-6-4-3-5-7-14/h3-7,20H,2,8-13H2,1H3,(H,17,19). The van der Waals surface area contributed by atoms with Crippen LogP contribution >= 0.6 is 0 Å². The molecule has 1 fully saturated rings. The maximum Gasteiger partial charge on any atom is 0.219 e. The van der Waals surface area contributed by atoms with Gasteiger partial charge in [-0.1, -0.05) is 37.3 Å². The van der Waals surface area contributed by atoms with Crippen LogP contribution in [-0.4, -0.2) is 41.1 Å². The summed E-state index contributed by atoms with van der Waals surface area (Å²) in [5.41, 5.74) is 0.565. The topological polar surface area (TPSA) is 52.6 Å². The second-order valence-corrected chi connectivity index (χ2v) is 5.62. The number of carbonyl (C=O) groups excluding carboxylic acids is 1. The summed E-state index contributed by atoms with van der Waals surface area (Å²) >= 11 is 0. The van der Waals surface area contributed by atoms with E-state index in [0.29, 0.717) is 25.8 Å². The van der Waals surface area contributed by atoms with Crippen molar-refractivity contribution in [2.24, 2.45) is 0 Å². The number of hydrogen-bond acceptors (Lipinski definition) is 3. The van der Waals surface area contributed by atoms with E-state index >= 15 is 0 Å². The van der Waals surface area contributed by atoms with Gasteiger partial charge in [0, 0.05) is 32.6 Å². The first-order chi connectivity index (χ1) is 9.61. The molecule has 0 radical (unpaired) electrons. The number of nitrogens with zero attached hydrogens (tertiary/aromatic N) is 1. The summed E-state index contributed by atoms with van der Waals surface area (Å²) in [7, 11) is 0. The predicted octanol–water partition coefficient (Wildman–Crippen LogP) is 1.54. The number of hydrogen-bond donors (Lipinski definition) is 2. The molecule has 0 unspecified atom stereocenters. The second-order valence-electron chi connectivity index (χ2n) is 5.62. The van der Waals surface area contributed by atoms with Crippen molar-refractivity contribution in [2.45, 2.75) is 38.3 Å². The number of likely N-dealkylation sites (tertiary alicyclic amines) is 1. The number of amides is 1. The summed E-state index contributed by atoms with van der Waals surface area (Å²) < 4.78 is 0. The Morgan fingerprint density at radius 3 is 2.55 bits per heavy atom. The molecule has 2 N–H and O–H groups in total. The number of rotatable bonds is 5.